The molecule has 0 amide bonds. The number of alkyl halides is 2. The molecule has 0 aromatic carbocycles. The van der Waals surface area contributed by atoms with Gasteiger partial charge in [0, 0.05) is 11.8 Å². The summed E-state index contributed by atoms with van der Waals surface area (Å²) in [6.07, 6.45) is 0. The molecule has 0 aliphatic rings. The zero-order valence-corrected chi connectivity index (χ0v) is 7.66. The van der Waals surface area contributed by atoms with E-state index < -0.39 is 8.60 Å². The van der Waals surface area contributed by atoms with Crippen LogP contribution in [0, 0.1) is 0 Å². The predicted octanol–water partition coefficient (Wildman–Crippen LogP) is 1.08. The largest absolute Gasteiger partial charge is 0.786 e. The van der Waals surface area contributed by atoms with Crippen LogP contribution in [0.1, 0.15) is 0 Å². The molecule has 0 N–H and O–H groups in total. The van der Waals surface area contributed by atoms with Crippen LogP contribution in [-0.4, -0.2) is 25.0 Å². The topological polar surface area (TPSA) is 41.5 Å². The Morgan fingerprint density at radius 1 is 1.10 bits per heavy atom. The monoisotopic (exact) mass is 205 g/mol. The molecule has 6 heteroatoms. The molecule has 0 aliphatic heterocycles. The molecule has 62 valence electrons. The smallest absolute Gasteiger partial charge is 0.0829 e. The van der Waals surface area contributed by atoms with Gasteiger partial charge in [0.1, 0.15) is 0 Å². The number of hydrogen-bond donors (Lipinski definition) is 0. The first-order valence-electron chi connectivity index (χ1n) is 2.66. The fourth-order valence-corrected chi connectivity index (χ4v) is 1.18. The Morgan fingerprint density at radius 3 is 1.80 bits per heavy atom. The third kappa shape index (κ3) is 7.00. The minimum atomic E-state index is -2.01. The first-order valence-corrected chi connectivity index (χ1v) is 4.82. The molecule has 0 bridgehead atoms. The van der Waals surface area contributed by atoms with Gasteiger partial charge in [0.05, 0.1) is 21.8 Å². The van der Waals surface area contributed by atoms with Gasteiger partial charge in [-0.05, 0) is 0 Å². The Bertz CT molecular complexity index is 67.5. The first kappa shape index (κ1) is 10.9. The molecule has 0 saturated carbocycles. The number of halogens is 2. The van der Waals surface area contributed by atoms with E-state index >= 15 is 0 Å². The van der Waals surface area contributed by atoms with Gasteiger partial charge in [-0.1, -0.05) is 0 Å². The molecule has 0 atom stereocenters. The van der Waals surface area contributed by atoms with Crippen LogP contribution in [0.15, 0.2) is 0 Å². The summed E-state index contributed by atoms with van der Waals surface area (Å²) in [6, 6.07) is 0. The zero-order valence-electron chi connectivity index (χ0n) is 5.26. The SMILES string of the molecule is [O-]P(OCCCl)OCCCl. The second kappa shape index (κ2) is 7.99. The summed E-state index contributed by atoms with van der Waals surface area (Å²) < 4.78 is 9.18. The molecule has 10 heavy (non-hydrogen) atoms. The van der Waals surface area contributed by atoms with Crippen molar-refractivity contribution in [1.82, 2.24) is 0 Å². The van der Waals surface area contributed by atoms with Crippen molar-refractivity contribution in [3.8, 4) is 0 Å². The van der Waals surface area contributed by atoms with Crippen LogP contribution in [0.25, 0.3) is 0 Å². The van der Waals surface area contributed by atoms with E-state index in [2.05, 4.69) is 9.05 Å². The van der Waals surface area contributed by atoms with Gasteiger partial charge in [-0.3, -0.25) is 0 Å². The third-order valence-corrected chi connectivity index (χ3v) is 1.64. The lowest BCUT2D eigenvalue weighted by Gasteiger charge is -2.20. The number of hydrogen-bond acceptors (Lipinski definition) is 3. The van der Waals surface area contributed by atoms with Gasteiger partial charge in [0.15, 0.2) is 0 Å². The summed E-state index contributed by atoms with van der Waals surface area (Å²) in [7, 11) is -2.01. The van der Waals surface area contributed by atoms with E-state index in [-0.39, 0.29) is 13.2 Å². The molecule has 0 heterocycles. The van der Waals surface area contributed by atoms with Gasteiger partial charge >= 0.3 is 0 Å². The van der Waals surface area contributed by atoms with E-state index in [0.717, 1.165) is 0 Å². The van der Waals surface area contributed by atoms with Gasteiger partial charge < -0.3 is 13.9 Å². The lowest BCUT2D eigenvalue weighted by atomic mass is 10.9. The Balaban J connectivity index is 3.00. The van der Waals surface area contributed by atoms with Crippen molar-refractivity contribution in [3.63, 3.8) is 0 Å². The Morgan fingerprint density at radius 2 is 1.50 bits per heavy atom. The van der Waals surface area contributed by atoms with E-state index in [1.807, 2.05) is 0 Å². The Kier molecular flexibility index (Phi) is 8.70. The average Bonchev–Trinajstić information content (AvgIpc) is 1.97. The van der Waals surface area contributed by atoms with Crippen molar-refractivity contribution in [1.29, 1.82) is 0 Å². The maximum atomic E-state index is 10.5. The van der Waals surface area contributed by atoms with E-state index in [1.165, 1.54) is 0 Å². The second-order valence-electron chi connectivity index (χ2n) is 1.27. The summed E-state index contributed by atoms with van der Waals surface area (Å²) in [5.74, 6) is 0.622. The molecule has 0 unspecified atom stereocenters. The molecule has 0 rings (SSSR count). The standard InChI is InChI=1S/C4H8Cl2O3P/c5-1-3-8-10(7)9-4-2-6/h1-4H2/q-1. The zero-order chi connectivity index (χ0) is 7.82. The van der Waals surface area contributed by atoms with Gasteiger partial charge in [-0.25, -0.2) is 0 Å². The highest BCUT2D eigenvalue weighted by molar-refractivity contribution is 7.39. The lowest BCUT2D eigenvalue weighted by molar-refractivity contribution is -0.203. The molecule has 0 aromatic heterocycles. The summed E-state index contributed by atoms with van der Waals surface area (Å²) in [5, 5.41) is 0. The van der Waals surface area contributed by atoms with E-state index in [0.29, 0.717) is 11.8 Å². The van der Waals surface area contributed by atoms with Crippen molar-refractivity contribution in [3.05, 3.63) is 0 Å². The quantitative estimate of drug-likeness (QED) is 0.482. The second-order valence-corrected chi connectivity index (χ2v) is 2.99. The van der Waals surface area contributed by atoms with Crippen molar-refractivity contribution >= 4 is 31.8 Å². The maximum absolute atomic E-state index is 10.5. The van der Waals surface area contributed by atoms with Crippen molar-refractivity contribution < 1.29 is 13.9 Å². The lowest BCUT2D eigenvalue weighted by Crippen LogP contribution is -2.05. The minimum Gasteiger partial charge on any atom is -0.786 e. The van der Waals surface area contributed by atoms with Crippen LogP contribution in [0.2, 0.25) is 0 Å². The molecule has 3 nitrogen and oxygen atoms in total. The van der Waals surface area contributed by atoms with Crippen LogP contribution >= 0.6 is 31.8 Å². The molecule has 0 radical (unpaired) electrons. The summed E-state index contributed by atoms with van der Waals surface area (Å²) >= 11 is 10.5. The van der Waals surface area contributed by atoms with Gasteiger partial charge in [-0.2, -0.15) is 0 Å². The average molecular weight is 206 g/mol. The van der Waals surface area contributed by atoms with Crippen LogP contribution in [0.3, 0.4) is 0 Å². The van der Waals surface area contributed by atoms with Crippen LogP contribution in [-0.2, 0) is 9.05 Å². The van der Waals surface area contributed by atoms with E-state index in [1.54, 1.807) is 0 Å². The highest BCUT2D eigenvalue weighted by Crippen LogP contribution is 2.26. The predicted molar refractivity (Wildman–Crippen MR) is 40.3 cm³/mol. The highest BCUT2D eigenvalue weighted by atomic mass is 35.5. The molecular formula is C4H8Cl2O3P-. The van der Waals surface area contributed by atoms with Gasteiger partial charge in [0.2, 0.25) is 0 Å². The molecule has 0 spiro atoms. The van der Waals surface area contributed by atoms with Crippen LogP contribution in [0.4, 0.5) is 0 Å². The Hall–Kier alpha value is 0.890. The maximum Gasteiger partial charge on any atom is 0.0829 e. The fourth-order valence-electron chi connectivity index (χ4n) is 0.255. The Labute approximate surface area is 71.2 Å². The number of rotatable bonds is 6. The highest BCUT2D eigenvalue weighted by Gasteiger charge is 1.92. The molecular weight excluding hydrogens is 198 g/mol. The first-order chi connectivity index (χ1) is 4.81. The van der Waals surface area contributed by atoms with Crippen molar-refractivity contribution in [2.45, 2.75) is 0 Å². The van der Waals surface area contributed by atoms with Gasteiger partial charge in [0.25, 0.3) is 0 Å². The summed E-state index contributed by atoms with van der Waals surface area (Å²) in [6.45, 7) is 0.470. The summed E-state index contributed by atoms with van der Waals surface area (Å²) in [5.41, 5.74) is 0. The van der Waals surface area contributed by atoms with Crippen LogP contribution < -0.4 is 4.89 Å². The van der Waals surface area contributed by atoms with Crippen molar-refractivity contribution in [2.24, 2.45) is 0 Å². The summed E-state index contributed by atoms with van der Waals surface area (Å²) in [4.78, 5) is 10.5. The van der Waals surface area contributed by atoms with Crippen molar-refractivity contribution in [2.75, 3.05) is 25.0 Å². The third-order valence-electron chi connectivity index (χ3n) is 0.548. The molecule has 0 aliphatic carbocycles. The van der Waals surface area contributed by atoms with E-state index in [4.69, 9.17) is 23.2 Å². The minimum absolute atomic E-state index is 0.235. The normalized spacial score (nSPS) is 10.8. The van der Waals surface area contributed by atoms with E-state index in [9.17, 15) is 4.89 Å². The molecule has 0 aromatic rings. The van der Waals surface area contributed by atoms with Gasteiger partial charge in [-0.15, -0.1) is 23.2 Å². The molecule has 0 saturated heterocycles. The molecule has 0 fully saturated rings. The van der Waals surface area contributed by atoms with Crippen LogP contribution in [0.5, 0.6) is 0 Å². The fraction of sp³-hybridized carbons (Fsp3) is 1.00.